The maximum atomic E-state index is 13.3. The van der Waals surface area contributed by atoms with E-state index in [0.717, 1.165) is 17.7 Å². The van der Waals surface area contributed by atoms with Crippen LogP contribution in [0.3, 0.4) is 0 Å². The predicted molar refractivity (Wildman–Crippen MR) is 138 cm³/mol. The van der Waals surface area contributed by atoms with Crippen LogP contribution in [0.15, 0.2) is 48.5 Å². The molecule has 4 N–H and O–H groups in total. The Bertz CT molecular complexity index is 1180. The molecule has 3 rings (SSSR count). The lowest BCUT2D eigenvalue weighted by molar-refractivity contribution is -0.204. The van der Waals surface area contributed by atoms with E-state index in [2.05, 4.69) is 22.6 Å². The molecule has 1 aliphatic rings. The van der Waals surface area contributed by atoms with Crippen LogP contribution in [0.1, 0.15) is 59.3 Å². The molecule has 202 valence electrons. The fourth-order valence-corrected chi connectivity index (χ4v) is 3.81. The monoisotopic (exact) mass is 523 g/mol. The molecule has 10 heteroatoms. The minimum absolute atomic E-state index is 0.264. The summed E-state index contributed by atoms with van der Waals surface area (Å²) in [6, 6.07) is 13.3. The standard InChI is InChI=1S/C28H33N3O7/c1-28(26(35)29-2,27(36)30-38-24-6-4-5-17-37-24)31(3)25(34)22-15-11-20(12-16-22)8-7-19-9-13-21(14-10-19)23(33)18-32/h9-16,23-24,32-33H,4-6,17-18H2,1-3H3,(H,29,35)(H,30,36). The molecule has 3 unspecified atom stereocenters. The third-order valence-electron chi connectivity index (χ3n) is 6.46. The highest BCUT2D eigenvalue weighted by Gasteiger charge is 2.47. The molecule has 1 aliphatic heterocycles. The van der Waals surface area contributed by atoms with Crippen LogP contribution >= 0.6 is 0 Å². The van der Waals surface area contributed by atoms with Crippen LogP contribution in [0.25, 0.3) is 0 Å². The van der Waals surface area contributed by atoms with Crippen molar-refractivity contribution in [3.05, 3.63) is 70.8 Å². The van der Waals surface area contributed by atoms with Gasteiger partial charge in [0.25, 0.3) is 17.7 Å². The predicted octanol–water partition coefficient (Wildman–Crippen LogP) is 1.26. The lowest BCUT2D eigenvalue weighted by atomic mass is 9.96. The molecule has 3 amide bonds. The molecule has 0 bridgehead atoms. The first-order valence-electron chi connectivity index (χ1n) is 12.3. The molecule has 0 radical (unpaired) electrons. The van der Waals surface area contributed by atoms with Crippen LogP contribution in [0.2, 0.25) is 0 Å². The van der Waals surface area contributed by atoms with Gasteiger partial charge in [-0.05, 0) is 61.7 Å². The molecule has 0 saturated carbocycles. The number of hydrogen-bond acceptors (Lipinski definition) is 7. The SMILES string of the molecule is CNC(=O)C(C)(C(=O)NOC1CCCCO1)N(C)C(=O)c1ccc(C#Cc2ccc(C(O)CO)cc2)cc1. The summed E-state index contributed by atoms with van der Waals surface area (Å²) in [5.41, 5.74) is 2.61. The van der Waals surface area contributed by atoms with Gasteiger partial charge in [-0.25, -0.2) is 10.3 Å². The van der Waals surface area contributed by atoms with E-state index in [1.807, 2.05) is 0 Å². The molecule has 1 fully saturated rings. The van der Waals surface area contributed by atoms with Crippen LogP contribution in [-0.4, -0.2) is 72.0 Å². The van der Waals surface area contributed by atoms with Crippen molar-refractivity contribution in [1.29, 1.82) is 0 Å². The van der Waals surface area contributed by atoms with Crippen LogP contribution in [-0.2, 0) is 19.2 Å². The maximum Gasteiger partial charge on any atom is 0.279 e. The van der Waals surface area contributed by atoms with Crippen molar-refractivity contribution < 1.29 is 34.2 Å². The Kier molecular flexibility index (Phi) is 9.98. The van der Waals surface area contributed by atoms with Gasteiger partial charge >= 0.3 is 0 Å². The number of rotatable bonds is 8. The summed E-state index contributed by atoms with van der Waals surface area (Å²) < 4.78 is 5.44. The highest BCUT2D eigenvalue weighted by molar-refractivity contribution is 6.12. The average molecular weight is 524 g/mol. The van der Waals surface area contributed by atoms with Crippen LogP contribution in [0.5, 0.6) is 0 Å². The summed E-state index contributed by atoms with van der Waals surface area (Å²) in [6.45, 7) is 1.50. The van der Waals surface area contributed by atoms with Gasteiger partial charge in [0.1, 0.15) is 6.10 Å². The summed E-state index contributed by atoms with van der Waals surface area (Å²) in [5, 5.41) is 21.1. The third kappa shape index (κ3) is 6.76. The molecule has 0 aromatic heterocycles. The second-order valence-corrected chi connectivity index (χ2v) is 9.01. The summed E-state index contributed by atoms with van der Waals surface area (Å²) in [7, 11) is 2.76. The number of amides is 3. The molecule has 0 spiro atoms. The fraction of sp³-hybridized carbons (Fsp3) is 0.393. The van der Waals surface area contributed by atoms with E-state index in [1.165, 1.54) is 21.0 Å². The minimum atomic E-state index is -1.89. The van der Waals surface area contributed by atoms with Gasteiger partial charge in [0.05, 0.1) is 6.61 Å². The number of hydrogen-bond donors (Lipinski definition) is 4. The lowest BCUT2D eigenvalue weighted by Crippen LogP contribution is -2.65. The Morgan fingerprint density at radius 3 is 2.21 bits per heavy atom. The first kappa shape index (κ1) is 28.8. The number of carbonyl (C=O) groups is 3. The molecule has 1 heterocycles. The van der Waals surface area contributed by atoms with Gasteiger partial charge < -0.3 is 25.2 Å². The second-order valence-electron chi connectivity index (χ2n) is 9.01. The smallest absolute Gasteiger partial charge is 0.279 e. The number of carbonyl (C=O) groups excluding carboxylic acids is 3. The van der Waals surface area contributed by atoms with Crippen molar-refractivity contribution >= 4 is 17.7 Å². The van der Waals surface area contributed by atoms with Gasteiger partial charge in [-0.1, -0.05) is 24.0 Å². The quantitative estimate of drug-likeness (QED) is 0.232. The summed E-state index contributed by atoms with van der Waals surface area (Å²) in [6.07, 6.45) is 0.873. The van der Waals surface area contributed by atoms with Crippen LogP contribution < -0.4 is 10.8 Å². The molecule has 10 nitrogen and oxygen atoms in total. The van der Waals surface area contributed by atoms with Crippen molar-refractivity contribution in [3.63, 3.8) is 0 Å². The molecule has 2 aromatic rings. The lowest BCUT2D eigenvalue weighted by Gasteiger charge is -2.36. The molecule has 2 aromatic carbocycles. The normalized spacial score (nSPS) is 17.2. The molecule has 0 aliphatic carbocycles. The molecular weight excluding hydrogens is 490 g/mol. The number of likely N-dealkylation sites (N-methyl/N-ethyl adjacent to an activating group) is 2. The summed E-state index contributed by atoms with van der Waals surface area (Å²) in [4.78, 5) is 45.5. The zero-order valence-corrected chi connectivity index (χ0v) is 21.7. The Morgan fingerprint density at radius 1 is 1.08 bits per heavy atom. The van der Waals surface area contributed by atoms with Gasteiger partial charge in [0.2, 0.25) is 0 Å². The van der Waals surface area contributed by atoms with Crippen molar-refractivity contribution in [2.24, 2.45) is 0 Å². The van der Waals surface area contributed by atoms with E-state index in [-0.39, 0.29) is 12.2 Å². The van der Waals surface area contributed by atoms with E-state index >= 15 is 0 Å². The maximum absolute atomic E-state index is 13.3. The third-order valence-corrected chi connectivity index (χ3v) is 6.46. The average Bonchev–Trinajstić information content (AvgIpc) is 2.97. The highest BCUT2D eigenvalue weighted by atomic mass is 16.8. The van der Waals surface area contributed by atoms with Gasteiger partial charge in [0, 0.05) is 43.8 Å². The fourth-order valence-electron chi connectivity index (χ4n) is 3.81. The number of nitrogens with zero attached hydrogens (tertiary/aromatic N) is 1. The summed E-state index contributed by atoms with van der Waals surface area (Å²) >= 11 is 0. The van der Waals surface area contributed by atoms with E-state index in [9.17, 15) is 19.5 Å². The second kappa shape index (κ2) is 13.2. The molecular formula is C28H33N3O7. The Morgan fingerprint density at radius 2 is 1.68 bits per heavy atom. The number of nitrogens with one attached hydrogen (secondary N) is 2. The first-order valence-corrected chi connectivity index (χ1v) is 12.3. The number of hydroxylamine groups is 1. The molecule has 1 saturated heterocycles. The van der Waals surface area contributed by atoms with Gasteiger partial charge in [-0.2, -0.15) is 0 Å². The topological polar surface area (TPSA) is 137 Å². The first-order chi connectivity index (χ1) is 18.2. The van der Waals surface area contributed by atoms with Gasteiger partial charge in [0.15, 0.2) is 11.8 Å². The number of benzene rings is 2. The Balaban J connectivity index is 1.71. The number of aliphatic hydroxyl groups excluding tert-OH is 2. The minimum Gasteiger partial charge on any atom is -0.393 e. The summed E-state index contributed by atoms with van der Waals surface area (Å²) in [5.74, 6) is 3.97. The number of aliphatic hydroxyl groups is 2. The van der Waals surface area contributed by atoms with Crippen molar-refractivity contribution in [1.82, 2.24) is 15.7 Å². The number of ether oxygens (including phenoxy) is 1. The Hall–Kier alpha value is -3.75. The molecule has 38 heavy (non-hydrogen) atoms. The van der Waals surface area contributed by atoms with E-state index in [0.29, 0.717) is 29.7 Å². The van der Waals surface area contributed by atoms with E-state index in [1.54, 1.807) is 48.5 Å². The molecule has 3 atom stereocenters. The Labute approximate surface area is 221 Å². The largest absolute Gasteiger partial charge is 0.393 e. The highest BCUT2D eigenvalue weighted by Crippen LogP contribution is 2.20. The van der Waals surface area contributed by atoms with Crippen LogP contribution in [0, 0.1) is 11.8 Å². The van der Waals surface area contributed by atoms with Crippen molar-refractivity contribution in [3.8, 4) is 11.8 Å². The van der Waals surface area contributed by atoms with E-state index < -0.39 is 35.7 Å². The van der Waals surface area contributed by atoms with E-state index in [4.69, 9.17) is 14.7 Å². The zero-order valence-electron chi connectivity index (χ0n) is 21.7. The van der Waals surface area contributed by atoms with Crippen molar-refractivity contribution in [2.45, 2.75) is 44.1 Å². The van der Waals surface area contributed by atoms with Gasteiger partial charge in [-0.15, -0.1) is 0 Å². The zero-order chi connectivity index (χ0) is 27.7. The van der Waals surface area contributed by atoms with Gasteiger partial charge in [-0.3, -0.25) is 14.4 Å². The van der Waals surface area contributed by atoms with Crippen LogP contribution in [0.4, 0.5) is 0 Å². The van der Waals surface area contributed by atoms with Crippen molar-refractivity contribution in [2.75, 3.05) is 27.3 Å².